The largest absolute Gasteiger partial charge is 0.326 e. The molecule has 0 atom stereocenters. The normalized spacial score (nSPS) is 13.4. The van der Waals surface area contributed by atoms with Gasteiger partial charge in [-0.1, -0.05) is 30.3 Å². The van der Waals surface area contributed by atoms with E-state index in [4.69, 9.17) is 4.98 Å². The molecule has 142 valence electrons. The van der Waals surface area contributed by atoms with Crippen LogP contribution in [0.5, 0.6) is 0 Å². The topological polar surface area (TPSA) is 52.0 Å². The van der Waals surface area contributed by atoms with Crippen LogP contribution in [0.15, 0.2) is 54.1 Å². The molecule has 4 aromatic rings. The molecule has 2 heterocycles. The third-order valence-corrected chi connectivity index (χ3v) is 6.50. The average Bonchev–Trinajstić information content (AvgIpc) is 3.32. The van der Waals surface area contributed by atoms with Crippen LogP contribution >= 0.6 is 11.3 Å². The number of fused-ring (bicyclic) bond motifs is 2. The van der Waals surface area contributed by atoms with Gasteiger partial charge in [-0.25, -0.2) is 4.98 Å². The minimum Gasteiger partial charge on any atom is -0.326 e. The second kappa shape index (κ2) is 6.36. The van der Waals surface area contributed by atoms with E-state index >= 15 is 0 Å². The van der Waals surface area contributed by atoms with E-state index in [0.717, 1.165) is 37.7 Å². The summed E-state index contributed by atoms with van der Waals surface area (Å²) in [6.07, 6.45) is 1.71. The van der Waals surface area contributed by atoms with Crippen molar-refractivity contribution in [2.45, 2.75) is 13.8 Å². The molecule has 0 bridgehead atoms. The van der Waals surface area contributed by atoms with Crippen LogP contribution in [0.25, 0.3) is 27.8 Å². The second-order valence-corrected chi connectivity index (χ2v) is 8.46. The molecule has 2 aromatic heterocycles. The predicted molar refractivity (Wildman–Crippen MR) is 117 cm³/mol. The lowest BCUT2D eigenvalue weighted by Crippen LogP contribution is -1.99. The van der Waals surface area contributed by atoms with Crippen LogP contribution < -0.4 is 0 Å². The van der Waals surface area contributed by atoms with Crippen LogP contribution in [0.2, 0.25) is 0 Å². The van der Waals surface area contributed by atoms with Crippen molar-refractivity contribution < 1.29 is 9.59 Å². The summed E-state index contributed by atoms with van der Waals surface area (Å²) in [7, 11) is 1.98. The van der Waals surface area contributed by atoms with Gasteiger partial charge in [-0.2, -0.15) is 0 Å². The maximum atomic E-state index is 12.8. The third kappa shape index (κ3) is 2.69. The Labute approximate surface area is 172 Å². The number of allylic oxidation sites excluding steroid dienone is 1. The number of aryl methyl sites for hydroxylation is 3. The van der Waals surface area contributed by atoms with Crippen molar-refractivity contribution in [1.29, 1.82) is 0 Å². The van der Waals surface area contributed by atoms with Gasteiger partial charge in [0.25, 0.3) is 0 Å². The number of hydrogen-bond acceptors (Lipinski definition) is 4. The summed E-state index contributed by atoms with van der Waals surface area (Å²) in [5, 5.41) is 0. The van der Waals surface area contributed by atoms with E-state index in [-0.39, 0.29) is 17.1 Å². The fourth-order valence-electron chi connectivity index (χ4n) is 3.77. The molecule has 0 fully saturated rings. The summed E-state index contributed by atoms with van der Waals surface area (Å²) >= 11 is 1.49. The number of carbonyl (C=O) groups is 2. The van der Waals surface area contributed by atoms with E-state index in [1.54, 1.807) is 6.08 Å². The highest BCUT2D eigenvalue weighted by Crippen LogP contribution is 2.34. The number of ketones is 2. The van der Waals surface area contributed by atoms with Gasteiger partial charge in [-0.05, 0) is 49.2 Å². The molecule has 0 radical (unpaired) electrons. The lowest BCUT2D eigenvalue weighted by Gasteiger charge is -2.01. The Bertz CT molecular complexity index is 1310. The van der Waals surface area contributed by atoms with Gasteiger partial charge in [-0.15, -0.1) is 11.3 Å². The van der Waals surface area contributed by atoms with Crippen LogP contribution in [0.3, 0.4) is 0 Å². The molecular weight excluding hydrogens is 380 g/mol. The van der Waals surface area contributed by atoms with Gasteiger partial charge < -0.3 is 4.57 Å². The first-order valence-electron chi connectivity index (χ1n) is 9.38. The molecule has 1 aliphatic rings. The summed E-state index contributed by atoms with van der Waals surface area (Å²) in [6, 6.07) is 15.7. The van der Waals surface area contributed by atoms with Gasteiger partial charge >= 0.3 is 0 Å². The smallest absolute Gasteiger partial charge is 0.197 e. The highest BCUT2D eigenvalue weighted by Gasteiger charge is 2.33. The SMILES string of the molecule is Cc1cc2c(cc1C)C(=O)C(=Cc1cc3c(nc(-c4ccccc4)n3C)s1)C2=O. The number of benzene rings is 2. The number of nitrogens with zero attached hydrogens (tertiary/aromatic N) is 2. The molecule has 0 amide bonds. The summed E-state index contributed by atoms with van der Waals surface area (Å²) in [6.45, 7) is 3.91. The fourth-order valence-corrected chi connectivity index (χ4v) is 4.77. The Hall–Kier alpha value is -3.31. The van der Waals surface area contributed by atoms with Gasteiger partial charge in [0.15, 0.2) is 11.6 Å². The lowest BCUT2D eigenvalue weighted by atomic mass is 10.0. The van der Waals surface area contributed by atoms with Crippen LogP contribution in [0, 0.1) is 13.8 Å². The summed E-state index contributed by atoms with van der Waals surface area (Å²) in [5.74, 6) is 0.518. The van der Waals surface area contributed by atoms with Gasteiger partial charge in [0, 0.05) is 28.6 Å². The van der Waals surface area contributed by atoms with E-state index in [0.29, 0.717) is 11.1 Å². The van der Waals surface area contributed by atoms with Crippen LogP contribution in [-0.2, 0) is 7.05 Å². The van der Waals surface area contributed by atoms with E-state index in [1.165, 1.54) is 11.3 Å². The molecule has 0 spiro atoms. The quantitative estimate of drug-likeness (QED) is 0.336. The van der Waals surface area contributed by atoms with Crippen molar-refractivity contribution in [2.24, 2.45) is 7.05 Å². The van der Waals surface area contributed by atoms with Gasteiger partial charge in [-0.3, -0.25) is 9.59 Å². The van der Waals surface area contributed by atoms with Crippen molar-refractivity contribution in [2.75, 3.05) is 0 Å². The molecule has 4 nitrogen and oxygen atoms in total. The Balaban J connectivity index is 1.56. The number of Topliss-reactive ketones (excluding diaryl/α,β-unsaturated/α-hetero) is 2. The predicted octanol–water partition coefficient (Wildman–Crippen LogP) is 5.38. The zero-order chi connectivity index (χ0) is 20.3. The summed E-state index contributed by atoms with van der Waals surface area (Å²) in [5.41, 5.74) is 5.34. The average molecular weight is 398 g/mol. The zero-order valence-electron chi connectivity index (χ0n) is 16.3. The molecule has 5 rings (SSSR count). The van der Waals surface area contributed by atoms with Crippen LogP contribution in [-0.4, -0.2) is 21.1 Å². The number of imidazole rings is 1. The summed E-state index contributed by atoms with van der Waals surface area (Å²) < 4.78 is 2.04. The fraction of sp³-hybridized carbons (Fsp3) is 0.125. The molecule has 0 saturated heterocycles. The number of aromatic nitrogens is 2. The number of rotatable bonds is 2. The van der Waals surface area contributed by atoms with E-state index in [2.05, 4.69) is 0 Å². The third-order valence-electron chi connectivity index (χ3n) is 5.53. The first-order valence-corrected chi connectivity index (χ1v) is 10.2. The second-order valence-electron chi connectivity index (χ2n) is 7.40. The van der Waals surface area contributed by atoms with Crippen LogP contribution in [0.1, 0.15) is 36.7 Å². The lowest BCUT2D eigenvalue weighted by molar-refractivity contribution is 0.0990. The minimum absolute atomic E-state index is 0.191. The van der Waals surface area contributed by atoms with E-state index in [9.17, 15) is 9.59 Å². The monoisotopic (exact) mass is 398 g/mol. The first-order chi connectivity index (χ1) is 13.9. The standard InChI is InChI=1S/C24H18N2O2S/c1-13-9-17-18(10-14(13)2)22(28)19(21(17)27)11-16-12-20-24(29-16)25-23(26(20)3)15-7-5-4-6-8-15/h4-12H,1-3H3. The van der Waals surface area contributed by atoms with E-state index < -0.39 is 0 Å². The number of hydrogen-bond donors (Lipinski definition) is 0. The van der Waals surface area contributed by atoms with Crippen molar-refractivity contribution in [1.82, 2.24) is 9.55 Å². The Kier molecular flexibility index (Phi) is 3.89. The maximum Gasteiger partial charge on any atom is 0.197 e. The van der Waals surface area contributed by atoms with E-state index in [1.807, 2.05) is 74.0 Å². The van der Waals surface area contributed by atoms with Crippen molar-refractivity contribution in [3.05, 3.63) is 81.2 Å². The highest BCUT2D eigenvalue weighted by molar-refractivity contribution is 7.19. The maximum absolute atomic E-state index is 12.8. The van der Waals surface area contributed by atoms with Gasteiger partial charge in [0.05, 0.1) is 11.1 Å². The zero-order valence-corrected chi connectivity index (χ0v) is 17.1. The van der Waals surface area contributed by atoms with Gasteiger partial charge in [0.1, 0.15) is 10.7 Å². The molecule has 0 aliphatic heterocycles. The van der Waals surface area contributed by atoms with Crippen molar-refractivity contribution >= 4 is 39.3 Å². The Morgan fingerprint density at radius 1 is 0.931 bits per heavy atom. The number of thiophene rings is 1. The molecule has 0 unspecified atom stereocenters. The van der Waals surface area contributed by atoms with Crippen molar-refractivity contribution in [3.8, 4) is 11.4 Å². The van der Waals surface area contributed by atoms with Gasteiger partial charge in [0.2, 0.25) is 0 Å². The first kappa shape index (κ1) is 17.8. The minimum atomic E-state index is -0.191. The Morgan fingerprint density at radius 3 is 2.14 bits per heavy atom. The van der Waals surface area contributed by atoms with Crippen LogP contribution in [0.4, 0.5) is 0 Å². The van der Waals surface area contributed by atoms with Crippen molar-refractivity contribution in [3.63, 3.8) is 0 Å². The number of carbonyl (C=O) groups excluding carboxylic acids is 2. The molecule has 29 heavy (non-hydrogen) atoms. The summed E-state index contributed by atoms with van der Waals surface area (Å²) in [4.78, 5) is 32.2. The molecular formula is C24H18N2O2S. The molecule has 0 saturated carbocycles. The molecule has 2 aromatic carbocycles. The molecule has 0 N–H and O–H groups in total. The molecule has 1 aliphatic carbocycles. The Morgan fingerprint density at radius 2 is 1.55 bits per heavy atom. The molecule has 5 heteroatoms. The highest BCUT2D eigenvalue weighted by atomic mass is 32.1.